The van der Waals surface area contributed by atoms with Gasteiger partial charge in [0.25, 0.3) is 0 Å². The van der Waals surface area contributed by atoms with Crippen molar-refractivity contribution in [1.29, 1.82) is 5.26 Å². The average molecular weight is 364 g/mol. The van der Waals surface area contributed by atoms with Crippen molar-refractivity contribution in [3.05, 3.63) is 38.4 Å². The van der Waals surface area contributed by atoms with Crippen LogP contribution in [0.5, 0.6) is 0 Å². The summed E-state index contributed by atoms with van der Waals surface area (Å²) in [6.45, 7) is 1.72. The van der Waals surface area contributed by atoms with Crippen LogP contribution in [-0.2, 0) is 27.3 Å². The molecule has 0 spiro atoms. The summed E-state index contributed by atoms with van der Waals surface area (Å²) >= 11 is 2.54. The molecular weight excluding hydrogens is 348 g/mol. The number of nitrogens with zero attached hydrogens (tertiary/aromatic N) is 1. The number of rotatable bonds is 7. The van der Waals surface area contributed by atoms with Crippen LogP contribution in [0.4, 0.5) is 5.00 Å². The highest BCUT2D eigenvalue weighted by Gasteiger charge is 2.23. The van der Waals surface area contributed by atoms with Gasteiger partial charge in [0.15, 0.2) is 0 Å². The van der Waals surface area contributed by atoms with Gasteiger partial charge in [0, 0.05) is 10.4 Å². The first-order valence-corrected chi connectivity index (χ1v) is 8.92. The number of nitrogen functional groups attached to an aromatic ring is 1. The minimum absolute atomic E-state index is 0.161. The van der Waals surface area contributed by atoms with Gasteiger partial charge in [-0.15, -0.1) is 22.7 Å². The number of nitrogens with two attached hydrogens (primary N) is 1. The molecule has 0 amide bonds. The van der Waals surface area contributed by atoms with Gasteiger partial charge in [-0.05, 0) is 24.8 Å². The average Bonchev–Trinajstić information content (AvgIpc) is 3.18. The van der Waals surface area contributed by atoms with Crippen molar-refractivity contribution in [2.45, 2.75) is 26.4 Å². The van der Waals surface area contributed by atoms with Crippen molar-refractivity contribution in [1.82, 2.24) is 0 Å². The summed E-state index contributed by atoms with van der Waals surface area (Å²) in [5.41, 5.74) is 6.23. The van der Waals surface area contributed by atoms with Crippen LogP contribution < -0.4 is 5.73 Å². The van der Waals surface area contributed by atoms with E-state index in [-0.39, 0.29) is 35.1 Å². The molecule has 0 saturated carbocycles. The number of hydrogen-bond acceptors (Lipinski definition) is 8. The van der Waals surface area contributed by atoms with E-state index in [4.69, 9.17) is 15.2 Å². The number of ether oxygens (including phenoxy) is 2. The molecule has 2 rings (SSSR count). The number of esters is 2. The van der Waals surface area contributed by atoms with Crippen LogP contribution in [0.3, 0.4) is 0 Å². The molecule has 2 aromatic rings. The van der Waals surface area contributed by atoms with E-state index in [1.54, 1.807) is 18.3 Å². The highest BCUT2D eigenvalue weighted by atomic mass is 32.1. The first-order chi connectivity index (χ1) is 11.6. The van der Waals surface area contributed by atoms with E-state index in [0.29, 0.717) is 12.0 Å². The van der Waals surface area contributed by atoms with Gasteiger partial charge in [0.05, 0.1) is 18.6 Å². The molecule has 2 heterocycles. The zero-order chi connectivity index (χ0) is 17.5. The zero-order valence-electron chi connectivity index (χ0n) is 13.0. The van der Waals surface area contributed by atoms with Crippen LogP contribution >= 0.6 is 22.7 Å². The molecule has 0 fully saturated rings. The lowest BCUT2D eigenvalue weighted by Gasteiger charge is -2.06. The predicted octanol–water partition coefficient (Wildman–Crippen LogP) is 3.12. The molecule has 0 atom stereocenters. The first kappa shape index (κ1) is 18.0. The number of nitriles is 1. The van der Waals surface area contributed by atoms with E-state index < -0.39 is 11.9 Å². The SMILES string of the molecule is CCOC(=O)c1sc(N)c(C#N)c1COC(=O)CCc1cccs1. The Bertz CT molecular complexity index is 760. The van der Waals surface area contributed by atoms with E-state index in [9.17, 15) is 14.9 Å². The molecule has 8 heteroatoms. The Balaban J connectivity index is 2.03. The molecule has 2 aromatic heterocycles. The van der Waals surface area contributed by atoms with Crippen LogP contribution in [0.15, 0.2) is 17.5 Å². The Morgan fingerprint density at radius 1 is 1.38 bits per heavy atom. The fraction of sp³-hybridized carbons (Fsp3) is 0.312. The third kappa shape index (κ3) is 4.34. The lowest BCUT2D eigenvalue weighted by molar-refractivity contribution is -0.144. The highest BCUT2D eigenvalue weighted by Crippen LogP contribution is 2.31. The van der Waals surface area contributed by atoms with E-state index in [1.165, 1.54) is 0 Å². The fourth-order valence-electron chi connectivity index (χ4n) is 2.01. The maximum Gasteiger partial charge on any atom is 0.348 e. The predicted molar refractivity (Wildman–Crippen MR) is 91.8 cm³/mol. The molecular formula is C16H16N2O4S2. The second kappa shape index (κ2) is 8.47. The number of thiophene rings is 2. The van der Waals surface area contributed by atoms with Gasteiger partial charge in [0.2, 0.25) is 0 Å². The van der Waals surface area contributed by atoms with Gasteiger partial charge in [-0.25, -0.2) is 4.79 Å². The number of aryl methyl sites for hydroxylation is 1. The third-order valence-electron chi connectivity index (χ3n) is 3.14. The van der Waals surface area contributed by atoms with Gasteiger partial charge in [0.1, 0.15) is 22.6 Å². The Kier molecular flexibility index (Phi) is 6.35. The van der Waals surface area contributed by atoms with E-state index in [0.717, 1.165) is 16.2 Å². The van der Waals surface area contributed by atoms with Crippen molar-refractivity contribution in [2.75, 3.05) is 12.3 Å². The Labute approximate surface area is 147 Å². The lowest BCUT2D eigenvalue weighted by Crippen LogP contribution is -2.10. The summed E-state index contributed by atoms with van der Waals surface area (Å²) in [5, 5.41) is 11.4. The molecule has 2 N–H and O–H groups in total. The molecule has 24 heavy (non-hydrogen) atoms. The summed E-state index contributed by atoms with van der Waals surface area (Å²) in [5.74, 6) is -0.966. The van der Waals surface area contributed by atoms with Gasteiger partial charge in [-0.3, -0.25) is 4.79 Å². The molecule has 0 aliphatic carbocycles. The van der Waals surface area contributed by atoms with Gasteiger partial charge in [-0.1, -0.05) is 6.07 Å². The smallest absolute Gasteiger partial charge is 0.348 e. The molecule has 0 bridgehead atoms. The summed E-state index contributed by atoms with van der Waals surface area (Å²) in [4.78, 5) is 25.1. The topological polar surface area (TPSA) is 102 Å². The molecule has 0 saturated heterocycles. The van der Waals surface area contributed by atoms with Crippen LogP contribution in [0.1, 0.15) is 39.0 Å². The van der Waals surface area contributed by atoms with Crippen LogP contribution in [0, 0.1) is 11.3 Å². The van der Waals surface area contributed by atoms with Gasteiger partial charge < -0.3 is 15.2 Å². The molecule has 126 valence electrons. The normalized spacial score (nSPS) is 10.2. The maximum atomic E-state index is 12.0. The number of carbonyl (C=O) groups excluding carboxylic acids is 2. The van der Waals surface area contributed by atoms with Crippen molar-refractivity contribution in [3.8, 4) is 6.07 Å². The third-order valence-corrected chi connectivity index (χ3v) is 5.12. The standard InChI is InChI=1S/C16H16N2O4S2/c1-2-21-16(20)14-12(11(8-17)15(18)24-14)9-22-13(19)6-5-10-4-3-7-23-10/h3-4,7H,2,5-6,9,18H2,1H3. The number of hydrogen-bond donors (Lipinski definition) is 1. The summed E-state index contributed by atoms with van der Waals surface area (Å²) in [6, 6.07) is 5.82. The minimum Gasteiger partial charge on any atom is -0.462 e. The van der Waals surface area contributed by atoms with Crippen molar-refractivity contribution in [3.63, 3.8) is 0 Å². The zero-order valence-corrected chi connectivity index (χ0v) is 14.7. The van der Waals surface area contributed by atoms with Crippen LogP contribution in [0.25, 0.3) is 0 Å². The van der Waals surface area contributed by atoms with Gasteiger partial charge >= 0.3 is 11.9 Å². The summed E-state index contributed by atoms with van der Waals surface area (Å²) < 4.78 is 10.2. The van der Waals surface area contributed by atoms with Crippen LogP contribution in [0.2, 0.25) is 0 Å². The van der Waals surface area contributed by atoms with Crippen molar-refractivity contribution >= 4 is 39.6 Å². The van der Waals surface area contributed by atoms with E-state index >= 15 is 0 Å². The Morgan fingerprint density at radius 2 is 2.17 bits per heavy atom. The quantitative estimate of drug-likeness (QED) is 0.757. The molecule has 0 aromatic carbocycles. The monoisotopic (exact) mass is 364 g/mol. The molecule has 0 radical (unpaired) electrons. The summed E-state index contributed by atoms with van der Waals surface area (Å²) in [7, 11) is 0. The fourth-order valence-corrected chi connectivity index (χ4v) is 3.64. The largest absolute Gasteiger partial charge is 0.462 e. The molecule has 0 unspecified atom stereocenters. The van der Waals surface area contributed by atoms with E-state index in [1.807, 2.05) is 23.6 Å². The van der Waals surface area contributed by atoms with Crippen LogP contribution in [-0.4, -0.2) is 18.5 Å². The Hall–Kier alpha value is -2.37. The second-order valence-corrected chi connectivity index (χ2v) is 6.81. The molecule has 0 aliphatic heterocycles. The Morgan fingerprint density at radius 3 is 2.79 bits per heavy atom. The second-order valence-electron chi connectivity index (χ2n) is 4.72. The van der Waals surface area contributed by atoms with Crippen molar-refractivity contribution in [2.24, 2.45) is 0 Å². The highest BCUT2D eigenvalue weighted by molar-refractivity contribution is 7.18. The van der Waals surface area contributed by atoms with E-state index in [2.05, 4.69) is 0 Å². The molecule has 0 aliphatic rings. The number of carbonyl (C=O) groups is 2. The first-order valence-electron chi connectivity index (χ1n) is 7.23. The maximum absolute atomic E-state index is 12.0. The minimum atomic E-state index is -0.569. The van der Waals surface area contributed by atoms with Gasteiger partial charge in [-0.2, -0.15) is 5.26 Å². The number of anilines is 1. The summed E-state index contributed by atoms with van der Waals surface area (Å²) in [6.07, 6.45) is 0.828. The van der Waals surface area contributed by atoms with Crippen molar-refractivity contribution < 1.29 is 19.1 Å². The lowest BCUT2D eigenvalue weighted by atomic mass is 10.1. The molecule has 6 nitrogen and oxygen atoms in total.